The van der Waals surface area contributed by atoms with Crippen molar-refractivity contribution in [3.63, 3.8) is 0 Å². The lowest BCUT2D eigenvalue weighted by molar-refractivity contribution is 0.251. The number of hydrogen-bond acceptors (Lipinski definition) is 4. The quantitative estimate of drug-likeness (QED) is 0.674. The number of nitrogens with one attached hydrogen (secondary N) is 2. The van der Waals surface area contributed by atoms with Crippen molar-refractivity contribution in [2.45, 2.75) is 32.4 Å². The number of pyridine rings is 1. The summed E-state index contributed by atoms with van der Waals surface area (Å²) in [6.45, 7) is 3.09. The average Bonchev–Trinajstić information content (AvgIpc) is 3.28. The van der Waals surface area contributed by atoms with Gasteiger partial charge in [-0.15, -0.1) is 0 Å². The molecule has 2 N–H and O–H groups in total. The summed E-state index contributed by atoms with van der Waals surface area (Å²) in [6, 6.07) is 13.4. The minimum absolute atomic E-state index is 0.230. The van der Waals surface area contributed by atoms with Gasteiger partial charge in [0.25, 0.3) is 0 Å². The van der Waals surface area contributed by atoms with Gasteiger partial charge in [-0.3, -0.25) is 4.68 Å². The van der Waals surface area contributed by atoms with Gasteiger partial charge in [0.1, 0.15) is 5.82 Å². The van der Waals surface area contributed by atoms with Crippen LogP contribution in [0.2, 0.25) is 0 Å². The Bertz CT molecular complexity index is 934. The van der Waals surface area contributed by atoms with E-state index in [1.807, 2.05) is 59.5 Å². The van der Waals surface area contributed by atoms with E-state index >= 15 is 0 Å². The van der Waals surface area contributed by atoms with Gasteiger partial charge in [-0.2, -0.15) is 5.10 Å². The van der Waals surface area contributed by atoms with Gasteiger partial charge in [-0.25, -0.2) is 9.78 Å². The van der Waals surface area contributed by atoms with Crippen molar-refractivity contribution in [3.8, 4) is 0 Å². The van der Waals surface area contributed by atoms with Gasteiger partial charge in [0.05, 0.1) is 6.54 Å². The van der Waals surface area contributed by atoms with Gasteiger partial charge in [0.15, 0.2) is 0 Å². The van der Waals surface area contributed by atoms with E-state index in [0.29, 0.717) is 13.1 Å². The zero-order valence-electron chi connectivity index (χ0n) is 16.4. The molecule has 7 heteroatoms. The van der Waals surface area contributed by atoms with Crippen molar-refractivity contribution >= 4 is 17.5 Å². The molecule has 3 heterocycles. The topological polar surface area (TPSA) is 75.1 Å². The average molecular weight is 390 g/mol. The first-order valence-corrected chi connectivity index (χ1v) is 10.1. The predicted molar refractivity (Wildman–Crippen MR) is 114 cm³/mol. The smallest absolute Gasteiger partial charge is 0.319 e. The highest BCUT2D eigenvalue weighted by Crippen LogP contribution is 2.21. The van der Waals surface area contributed by atoms with E-state index < -0.39 is 0 Å². The molecule has 1 fully saturated rings. The molecule has 7 nitrogen and oxygen atoms in total. The second-order valence-electron chi connectivity index (χ2n) is 7.20. The van der Waals surface area contributed by atoms with Gasteiger partial charge in [0, 0.05) is 49.5 Å². The van der Waals surface area contributed by atoms with Gasteiger partial charge in [0.2, 0.25) is 0 Å². The normalized spacial score (nSPS) is 13.9. The van der Waals surface area contributed by atoms with Crippen molar-refractivity contribution in [2.75, 3.05) is 23.3 Å². The largest absolute Gasteiger partial charge is 0.356 e. The number of hydrogen-bond donors (Lipinski definition) is 2. The number of benzene rings is 1. The third-order valence-electron chi connectivity index (χ3n) is 5.12. The number of amides is 2. The molecule has 3 aromatic rings. The molecule has 0 spiro atoms. The molecular formula is C22H26N6O. The molecule has 1 aromatic carbocycles. The van der Waals surface area contributed by atoms with E-state index in [9.17, 15) is 4.79 Å². The maximum Gasteiger partial charge on any atom is 0.319 e. The summed E-state index contributed by atoms with van der Waals surface area (Å²) in [5.41, 5.74) is 2.82. The van der Waals surface area contributed by atoms with Crippen LogP contribution in [0.1, 0.15) is 30.4 Å². The molecule has 0 bridgehead atoms. The van der Waals surface area contributed by atoms with Crippen molar-refractivity contribution in [1.29, 1.82) is 0 Å². The van der Waals surface area contributed by atoms with Gasteiger partial charge < -0.3 is 15.5 Å². The van der Waals surface area contributed by atoms with Crippen LogP contribution in [0.15, 0.2) is 61.1 Å². The van der Waals surface area contributed by atoms with Crippen LogP contribution >= 0.6 is 0 Å². The number of nitrogens with zero attached hydrogens (tertiary/aromatic N) is 4. The Labute approximate surface area is 170 Å². The Hall–Kier alpha value is -3.35. The molecule has 0 unspecified atom stereocenters. The number of urea groups is 1. The van der Waals surface area contributed by atoms with Crippen LogP contribution in [-0.2, 0) is 13.1 Å². The van der Waals surface area contributed by atoms with E-state index in [4.69, 9.17) is 0 Å². The number of carbonyl (C=O) groups is 1. The molecule has 2 aromatic heterocycles. The Morgan fingerprint density at radius 1 is 0.966 bits per heavy atom. The van der Waals surface area contributed by atoms with E-state index in [1.54, 1.807) is 6.20 Å². The molecule has 1 aliphatic rings. The molecule has 4 rings (SSSR count). The van der Waals surface area contributed by atoms with Crippen molar-refractivity contribution < 1.29 is 4.79 Å². The SMILES string of the molecule is O=C(NCc1cccnc1N1CCCCC1)Nc1ccccc1Cn1cccn1. The summed E-state index contributed by atoms with van der Waals surface area (Å²) >= 11 is 0. The molecule has 0 aliphatic carbocycles. The first-order valence-electron chi connectivity index (χ1n) is 10.1. The fraction of sp³-hybridized carbons (Fsp3) is 0.318. The van der Waals surface area contributed by atoms with E-state index in [2.05, 4.69) is 25.6 Å². The lowest BCUT2D eigenvalue weighted by Crippen LogP contribution is -2.33. The van der Waals surface area contributed by atoms with Gasteiger partial charge in [-0.05, 0) is 43.0 Å². The highest BCUT2D eigenvalue weighted by atomic mass is 16.2. The summed E-state index contributed by atoms with van der Waals surface area (Å²) < 4.78 is 1.83. The number of carbonyl (C=O) groups excluding carboxylic acids is 1. The molecule has 1 aliphatic heterocycles. The minimum atomic E-state index is -0.230. The zero-order chi connectivity index (χ0) is 19.9. The summed E-state index contributed by atoms with van der Waals surface area (Å²) in [7, 11) is 0. The summed E-state index contributed by atoms with van der Waals surface area (Å²) in [6.07, 6.45) is 9.13. The Kier molecular flexibility index (Phi) is 6.04. The first-order chi connectivity index (χ1) is 14.3. The van der Waals surface area contributed by atoms with Gasteiger partial charge in [-0.1, -0.05) is 24.3 Å². The van der Waals surface area contributed by atoms with E-state index in [0.717, 1.165) is 35.7 Å². The van der Waals surface area contributed by atoms with Crippen molar-refractivity contribution in [3.05, 3.63) is 72.2 Å². The van der Waals surface area contributed by atoms with Crippen molar-refractivity contribution in [1.82, 2.24) is 20.1 Å². The highest BCUT2D eigenvalue weighted by molar-refractivity contribution is 5.90. The lowest BCUT2D eigenvalue weighted by atomic mass is 10.1. The maximum atomic E-state index is 12.5. The van der Waals surface area contributed by atoms with Crippen LogP contribution in [0, 0.1) is 0 Å². The molecule has 1 saturated heterocycles. The Morgan fingerprint density at radius 2 is 1.79 bits per heavy atom. The third kappa shape index (κ3) is 4.93. The van der Waals surface area contributed by atoms with Crippen molar-refractivity contribution in [2.24, 2.45) is 0 Å². The molecule has 0 atom stereocenters. The number of piperidine rings is 1. The fourth-order valence-corrected chi connectivity index (χ4v) is 3.65. The molecular weight excluding hydrogens is 364 g/mol. The number of rotatable bonds is 6. The molecule has 0 radical (unpaired) electrons. The molecule has 0 saturated carbocycles. The van der Waals surface area contributed by atoms with Gasteiger partial charge >= 0.3 is 6.03 Å². The predicted octanol–water partition coefficient (Wildman–Crippen LogP) is 3.64. The van der Waals surface area contributed by atoms with Crippen LogP contribution in [0.25, 0.3) is 0 Å². The molecule has 29 heavy (non-hydrogen) atoms. The Balaban J connectivity index is 1.39. The highest BCUT2D eigenvalue weighted by Gasteiger charge is 2.16. The number of anilines is 2. The standard InChI is InChI=1S/C22H26N6O/c29-22(26-20-10-3-2-8-19(20)17-28-15-7-12-25-28)24-16-18-9-6-11-23-21(18)27-13-4-1-5-14-27/h2-3,6-12,15H,1,4-5,13-14,16-17H2,(H2,24,26,29). The zero-order valence-corrected chi connectivity index (χ0v) is 16.4. The number of aromatic nitrogens is 3. The summed E-state index contributed by atoms with van der Waals surface area (Å²) in [5.74, 6) is 0.978. The second-order valence-corrected chi connectivity index (χ2v) is 7.20. The lowest BCUT2D eigenvalue weighted by Gasteiger charge is -2.29. The Morgan fingerprint density at radius 3 is 2.62 bits per heavy atom. The maximum absolute atomic E-state index is 12.5. The van der Waals surface area contributed by atoms with E-state index in [1.165, 1.54) is 19.3 Å². The summed E-state index contributed by atoms with van der Waals surface area (Å²) in [5, 5.41) is 10.2. The monoisotopic (exact) mass is 390 g/mol. The van der Waals surface area contributed by atoms with Crippen LogP contribution in [0.5, 0.6) is 0 Å². The second kappa shape index (κ2) is 9.23. The fourth-order valence-electron chi connectivity index (χ4n) is 3.65. The van der Waals surface area contributed by atoms with Crippen LogP contribution < -0.4 is 15.5 Å². The summed E-state index contributed by atoms with van der Waals surface area (Å²) in [4.78, 5) is 19.4. The van der Waals surface area contributed by atoms with Crippen LogP contribution in [0.4, 0.5) is 16.3 Å². The molecule has 2 amide bonds. The molecule has 150 valence electrons. The van der Waals surface area contributed by atoms with E-state index in [-0.39, 0.29) is 6.03 Å². The first kappa shape index (κ1) is 19.0. The van der Waals surface area contributed by atoms with Crippen LogP contribution in [-0.4, -0.2) is 33.9 Å². The minimum Gasteiger partial charge on any atom is -0.356 e. The van der Waals surface area contributed by atoms with Crippen LogP contribution in [0.3, 0.4) is 0 Å². The number of para-hydroxylation sites is 1. The third-order valence-corrected chi connectivity index (χ3v) is 5.12.